The summed E-state index contributed by atoms with van der Waals surface area (Å²) < 4.78 is 9.31. The second kappa shape index (κ2) is 11.4. The van der Waals surface area contributed by atoms with Gasteiger partial charge < -0.3 is 19.3 Å². The zero-order valence-corrected chi connectivity index (χ0v) is 16.7. The first-order valence-electron chi connectivity index (χ1n) is 9.69. The highest BCUT2D eigenvalue weighted by molar-refractivity contribution is 5.66. The van der Waals surface area contributed by atoms with Gasteiger partial charge in [0.05, 0.1) is 0 Å². The van der Waals surface area contributed by atoms with Crippen molar-refractivity contribution in [2.45, 2.75) is 25.7 Å². The van der Waals surface area contributed by atoms with Crippen LogP contribution in [0.15, 0.2) is 70.4 Å². The van der Waals surface area contributed by atoms with E-state index in [0.717, 1.165) is 28.7 Å². The first-order chi connectivity index (χ1) is 15.2. The fourth-order valence-corrected chi connectivity index (χ4v) is 2.81. The molecule has 0 spiro atoms. The highest BCUT2D eigenvalue weighted by Gasteiger charge is 2.04. The quantitative estimate of drug-likeness (QED) is 0.438. The lowest BCUT2D eigenvalue weighted by Crippen LogP contribution is -1.95. The van der Waals surface area contributed by atoms with Crippen LogP contribution < -0.4 is 0 Å². The van der Waals surface area contributed by atoms with Crippen LogP contribution in [0, 0.1) is 0 Å². The zero-order chi connectivity index (χ0) is 21.9. The Bertz CT molecular complexity index is 1030. The van der Waals surface area contributed by atoms with E-state index in [0.29, 0.717) is 24.5 Å². The lowest BCUT2D eigenvalue weighted by molar-refractivity contribution is -0.137. The number of aliphatic hydroxyl groups excluding tert-OH is 1. The monoisotopic (exact) mass is 422 g/mol. The molecule has 9 heteroatoms. The van der Waals surface area contributed by atoms with E-state index in [4.69, 9.17) is 10.2 Å². The van der Waals surface area contributed by atoms with E-state index >= 15 is 0 Å². The first-order valence-corrected chi connectivity index (χ1v) is 9.69. The summed E-state index contributed by atoms with van der Waals surface area (Å²) in [6.07, 6.45) is 4.88. The maximum Gasteiger partial charge on any atom is 0.303 e. The molecule has 4 rings (SSSR count). The molecule has 0 aliphatic heterocycles. The molecule has 0 fully saturated rings. The predicted octanol–water partition coefficient (Wildman–Crippen LogP) is 3.42. The van der Waals surface area contributed by atoms with E-state index in [1.54, 1.807) is 0 Å². The number of carbonyl (C=O) groups is 1. The number of benzene rings is 2. The molecule has 0 aliphatic rings. The Morgan fingerprint density at radius 3 is 1.65 bits per heavy atom. The van der Waals surface area contributed by atoms with Crippen molar-refractivity contribution < 1.29 is 24.1 Å². The van der Waals surface area contributed by atoms with Crippen LogP contribution in [0.5, 0.6) is 0 Å². The molecule has 0 saturated carbocycles. The van der Waals surface area contributed by atoms with Gasteiger partial charge in [-0.1, -0.05) is 58.8 Å². The van der Waals surface area contributed by atoms with Gasteiger partial charge in [-0.25, -0.2) is 0 Å². The first kappa shape index (κ1) is 21.8. The van der Waals surface area contributed by atoms with Crippen LogP contribution in [0.4, 0.5) is 0 Å². The van der Waals surface area contributed by atoms with Crippen LogP contribution in [0.3, 0.4) is 0 Å². The van der Waals surface area contributed by atoms with Gasteiger partial charge in [0.1, 0.15) is 0 Å². The minimum Gasteiger partial charge on any atom is -0.481 e. The van der Waals surface area contributed by atoms with Gasteiger partial charge in [0.15, 0.2) is 0 Å². The average Bonchev–Trinajstić information content (AvgIpc) is 3.50. The fourth-order valence-electron chi connectivity index (χ4n) is 2.81. The minimum atomic E-state index is -0.756. The third-order valence-corrected chi connectivity index (χ3v) is 4.40. The molecule has 0 bridgehead atoms. The Morgan fingerprint density at radius 1 is 0.774 bits per heavy atom. The van der Waals surface area contributed by atoms with Crippen molar-refractivity contribution in [3.63, 3.8) is 0 Å². The van der Waals surface area contributed by atoms with Gasteiger partial charge in [-0.2, -0.15) is 9.97 Å². The number of hydrogen-bond acceptors (Lipinski definition) is 8. The van der Waals surface area contributed by atoms with Crippen LogP contribution >= 0.6 is 0 Å². The van der Waals surface area contributed by atoms with Gasteiger partial charge in [0.25, 0.3) is 0 Å². The Labute approximate surface area is 178 Å². The summed E-state index contributed by atoms with van der Waals surface area (Å²) in [5, 5.41) is 24.7. The molecule has 2 aromatic carbocycles. The van der Waals surface area contributed by atoms with E-state index in [1.807, 2.05) is 48.5 Å². The van der Waals surface area contributed by atoms with Gasteiger partial charge in [-0.05, 0) is 30.4 Å². The van der Waals surface area contributed by atoms with Gasteiger partial charge in [0, 0.05) is 24.2 Å². The second-order valence-electron chi connectivity index (χ2n) is 6.62. The fraction of sp³-hybridized carbons (Fsp3) is 0.227. The molecule has 2 heterocycles. The number of rotatable bonds is 8. The molecule has 160 valence electrons. The topological polar surface area (TPSA) is 135 Å². The molecule has 0 aliphatic carbocycles. The molecule has 31 heavy (non-hydrogen) atoms. The number of aromatic nitrogens is 4. The summed E-state index contributed by atoms with van der Waals surface area (Å²) in [6, 6.07) is 15.4. The third kappa shape index (κ3) is 6.86. The standard InChI is InChI=1S/C12H12N2O3.C10H10N2O2/c15-11(16)3-1-2-9-4-6-10(7-5-9)12-13-8-17-14-12;13-6-5-8-1-3-9(4-2-8)10-11-7-14-12-10/h4-8H,1-3H2,(H,15,16);1-4,7,13H,5-6H2. The van der Waals surface area contributed by atoms with Crippen molar-refractivity contribution in [2.75, 3.05) is 6.61 Å². The number of aliphatic hydroxyl groups is 1. The highest BCUT2D eigenvalue weighted by Crippen LogP contribution is 2.16. The van der Waals surface area contributed by atoms with Crippen molar-refractivity contribution in [1.82, 2.24) is 20.3 Å². The molecule has 9 nitrogen and oxygen atoms in total. The van der Waals surface area contributed by atoms with Crippen LogP contribution in [0.25, 0.3) is 22.8 Å². The van der Waals surface area contributed by atoms with E-state index < -0.39 is 5.97 Å². The molecule has 0 amide bonds. The van der Waals surface area contributed by atoms with Crippen molar-refractivity contribution in [1.29, 1.82) is 0 Å². The Hall–Kier alpha value is -3.85. The highest BCUT2D eigenvalue weighted by atomic mass is 16.5. The summed E-state index contributed by atoms with van der Waals surface area (Å²) in [5.74, 6) is 0.385. The maximum atomic E-state index is 10.4. The van der Waals surface area contributed by atoms with Gasteiger partial charge in [-0.15, -0.1) is 0 Å². The van der Waals surface area contributed by atoms with Gasteiger partial charge in [0.2, 0.25) is 24.4 Å². The molecule has 0 unspecified atom stereocenters. The minimum absolute atomic E-state index is 0.168. The lowest BCUT2D eigenvalue weighted by Gasteiger charge is -2.00. The number of aryl methyl sites for hydroxylation is 1. The summed E-state index contributed by atoms with van der Waals surface area (Å²) in [5.41, 5.74) is 4.01. The van der Waals surface area contributed by atoms with Crippen molar-refractivity contribution in [3.8, 4) is 22.8 Å². The number of nitrogens with zero attached hydrogens (tertiary/aromatic N) is 4. The second-order valence-corrected chi connectivity index (χ2v) is 6.62. The van der Waals surface area contributed by atoms with E-state index in [1.165, 1.54) is 12.8 Å². The number of carboxylic acids is 1. The summed E-state index contributed by atoms with van der Waals surface area (Å²) in [7, 11) is 0. The van der Waals surface area contributed by atoms with E-state index in [2.05, 4.69) is 29.3 Å². The van der Waals surface area contributed by atoms with Crippen molar-refractivity contribution >= 4 is 5.97 Å². The number of hydrogen-bond donors (Lipinski definition) is 2. The van der Waals surface area contributed by atoms with Crippen LogP contribution in [-0.2, 0) is 17.6 Å². The Kier molecular flexibility index (Phi) is 8.01. The molecular formula is C22H22N4O5. The summed E-state index contributed by atoms with van der Waals surface area (Å²) in [4.78, 5) is 18.3. The molecule has 0 atom stereocenters. The normalized spacial score (nSPS) is 10.4. The molecular weight excluding hydrogens is 400 g/mol. The largest absolute Gasteiger partial charge is 0.481 e. The van der Waals surface area contributed by atoms with E-state index in [-0.39, 0.29) is 13.0 Å². The Balaban J connectivity index is 0.000000179. The van der Waals surface area contributed by atoms with Crippen molar-refractivity contribution in [2.24, 2.45) is 0 Å². The van der Waals surface area contributed by atoms with Gasteiger partial charge >= 0.3 is 5.97 Å². The summed E-state index contributed by atoms with van der Waals surface area (Å²) >= 11 is 0. The lowest BCUT2D eigenvalue weighted by atomic mass is 10.1. The van der Waals surface area contributed by atoms with Gasteiger partial charge in [-0.3, -0.25) is 4.79 Å². The Morgan fingerprint density at radius 2 is 1.26 bits per heavy atom. The third-order valence-electron chi connectivity index (χ3n) is 4.40. The molecule has 4 aromatic rings. The molecule has 2 aromatic heterocycles. The maximum absolute atomic E-state index is 10.4. The average molecular weight is 422 g/mol. The number of aliphatic carboxylic acids is 1. The number of carboxylic acid groups (broad SMARTS) is 1. The van der Waals surface area contributed by atoms with Crippen molar-refractivity contribution in [3.05, 3.63) is 72.4 Å². The molecule has 2 N–H and O–H groups in total. The zero-order valence-electron chi connectivity index (χ0n) is 16.7. The van der Waals surface area contributed by atoms with Crippen LogP contribution in [0.1, 0.15) is 24.0 Å². The molecule has 0 saturated heterocycles. The van der Waals surface area contributed by atoms with E-state index in [9.17, 15) is 4.79 Å². The smallest absolute Gasteiger partial charge is 0.303 e. The van der Waals surface area contributed by atoms with Crippen LogP contribution in [0.2, 0.25) is 0 Å². The predicted molar refractivity (Wildman–Crippen MR) is 111 cm³/mol. The van der Waals surface area contributed by atoms with Crippen LogP contribution in [-0.4, -0.2) is 43.1 Å². The SMILES string of the molecule is O=C(O)CCCc1ccc(-c2ncon2)cc1.OCCc1ccc(-c2ncon2)cc1. The summed E-state index contributed by atoms with van der Waals surface area (Å²) in [6.45, 7) is 0.168. The molecule has 0 radical (unpaired) electrons.